The minimum atomic E-state index is -0.423. The minimum Gasteiger partial charge on any atom is -0.497 e. The second-order valence-electron chi connectivity index (χ2n) is 7.35. The van der Waals surface area contributed by atoms with E-state index in [1.54, 1.807) is 55.6 Å². The van der Waals surface area contributed by atoms with Crippen molar-refractivity contribution in [1.82, 2.24) is 0 Å². The van der Waals surface area contributed by atoms with Crippen LogP contribution >= 0.6 is 0 Å². The zero-order valence-electron chi connectivity index (χ0n) is 18.2. The third-order valence-electron chi connectivity index (χ3n) is 5.17. The molecule has 0 atom stereocenters. The molecule has 1 heterocycles. The number of aryl methyl sites for hydroxylation is 1. The van der Waals surface area contributed by atoms with Gasteiger partial charge in [-0.15, -0.1) is 0 Å². The number of hydrogen-bond acceptors (Lipinski definition) is 5. The number of imide groups is 1. The fraction of sp³-hybridized carbons (Fsp3) is 0.154. The Bertz CT molecular complexity index is 1180. The van der Waals surface area contributed by atoms with Crippen molar-refractivity contribution in [2.75, 3.05) is 23.9 Å². The smallest absolute Gasteiger partial charge is 0.282 e. The van der Waals surface area contributed by atoms with Gasteiger partial charge in [0.05, 0.1) is 25.0 Å². The lowest BCUT2D eigenvalue weighted by Crippen LogP contribution is -2.32. The summed E-state index contributed by atoms with van der Waals surface area (Å²) in [7, 11) is 1.54. The third kappa shape index (κ3) is 4.07. The van der Waals surface area contributed by atoms with Crippen LogP contribution in [-0.2, 0) is 9.59 Å². The van der Waals surface area contributed by atoms with E-state index in [1.807, 2.05) is 38.1 Å². The maximum absolute atomic E-state index is 13.5. The maximum Gasteiger partial charge on any atom is 0.282 e. The van der Waals surface area contributed by atoms with E-state index in [0.717, 1.165) is 11.3 Å². The number of ether oxygens (including phenoxy) is 2. The number of nitrogens with one attached hydrogen (secondary N) is 1. The summed E-state index contributed by atoms with van der Waals surface area (Å²) in [5.41, 5.74) is 3.44. The SMILES string of the molecule is CCOc1ccc(C2=C(Nc3ccc(C)cc3)C(=O)N(c3cccc(OC)c3)C2=O)cc1. The molecule has 0 fully saturated rings. The number of benzene rings is 3. The van der Waals surface area contributed by atoms with E-state index in [0.29, 0.717) is 34.9 Å². The topological polar surface area (TPSA) is 67.9 Å². The zero-order chi connectivity index (χ0) is 22.7. The monoisotopic (exact) mass is 428 g/mol. The predicted octanol–water partition coefficient (Wildman–Crippen LogP) is 4.80. The largest absolute Gasteiger partial charge is 0.497 e. The molecule has 1 aliphatic heterocycles. The molecule has 0 unspecified atom stereocenters. The summed E-state index contributed by atoms with van der Waals surface area (Å²) in [6.07, 6.45) is 0. The first-order valence-electron chi connectivity index (χ1n) is 10.4. The van der Waals surface area contributed by atoms with Crippen molar-refractivity contribution in [3.8, 4) is 11.5 Å². The Morgan fingerprint density at radius 1 is 0.875 bits per heavy atom. The summed E-state index contributed by atoms with van der Waals surface area (Å²) >= 11 is 0. The van der Waals surface area contributed by atoms with Gasteiger partial charge in [0.1, 0.15) is 17.2 Å². The number of hydrogen-bond donors (Lipinski definition) is 1. The molecule has 6 nitrogen and oxygen atoms in total. The van der Waals surface area contributed by atoms with E-state index in [4.69, 9.17) is 9.47 Å². The molecule has 32 heavy (non-hydrogen) atoms. The molecule has 1 aliphatic rings. The molecule has 0 spiro atoms. The molecular formula is C26H24N2O4. The van der Waals surface area contributed by atoms with Crippen molar-refractivity contribution in [1.29, 1.82) is 0 Å². The molecular weight excluding hydrogens is 404 g/mol. The van der Waals surface area contributed by atoms with E-state index in [-0.39, 0.29) is 5.70 Å². The highest BCUT2D eigenvalue weighted by atomic mass is 16.5. The van der Waals surface area contributed by atoms with Crippen LogP contribution in [0.25, 0.3) is 5.57 Å². The zero-order valence-corrected chi connectivity index (χ0v) is 18.2. The van der Waals surface area contributed by atoms with Crippen LogP contribution in [-0.4, -0.2) is 25.5 Å². The quantitative estimate of drug-likeness (QED) is 0.548. The first-order chi connectivity index (χ1) is 15.5. The summed E-state index contributed by atoms with van der Waals surface area (Å²) < 4.78 is 10.8. The number of rotatable bonds is 7. The number of carbonyl (C=O) groups excluding carboxylic acids is 2. The summed E-state index contributed by atoms with van der Waals surface area (Å²) in [5.74, 6) is 0.437. The summed E-state index contributed by atoms with van der Waals surface area (Å²) in [6, 6.07) is 21.7. The molecule has 0 saturated carbocycles. The lowest BCUT2D eigenvalue weighted by molar-refractivity contribution is -0.120. The van der Waals surface area contributed by atoms with Crippen LogP contribution in [0.2, 0.25) is 0 Å². The van der Waals surface area contributed by atoms with Crippen molar-refractivity contribution >= 4 is 28.8 Å². The first-order valence-corrected chi connectivity index (χ1v) is 10.4. The highest BCUT2D eigenvalue weighted by Gasteiger charge is 2.40. The molecule has 0 saturated heterocycles. The number of methoxy groups -OCH3 is 1. The van der Waals surface area contributed by atoms with E-state index in [1.165, 1.54) is 4.90 Å². The van der Waals surface area contributed by atoms with Crippen LogP contribution in [0.15, 0.2) is 78.5 Å². The molecule has 4 rings (SSSR count). The Labute approximate surface area is 187 Å². The van der Waals surface area contributed by atoms with Crippen molar-refractivity contribution in [2.24, 2.45) is 0 Å². The average molecular weight is 428 g/mol. The number of amides is 2. The number of nitrogens with zero attached hydrogens (tertiary/aromatic N) is 1. The summed E-state index contributed by atoms with van der Waals surface area (Å²) in [6.45, 7) is 4.44. The summed E-state index contributed by atoms with van der Waals surface area (Å²) in [5, 5.41) is 3.17. The highest BCUT2D eigenvalue weighted by molar-refractivity contribution is 6.46. The Morgan fingerprint density at radius 3 is 2.25 bits per heavy atom. The molecule has 2 amide bonds. The first kappa shape index (κ1) is 21.2. The van der Waals surface area contributed by atoms with Crippen LogP contribution < -0.4 is 19.7 Å². The third-order valence-corrected chi connectivity index (χ3v) is 5.17. The van der Waals surface area contributed by atoms with Gasteiger partial charge in [0.15, 0.2) is 0 Å². The molecule has 1 N–H and O–H groups in total. The van der Waals surface area contributed by atoms with Crippen LogP contribution in [0.1, 0.15) is 18.1 Å². The van der Waals surface area contributed by atoms with Gasteiger partial charge in [0.25, 0.3) is 11.8 Å². The Morgan fingerprint density at radius 2 is 1.59 bits per heavy atom. The van der Waals surface area contributed by atoms with Gasteiger partial charge in [-0.3, -0.25) is 9.59 Å². The van der Waals surface area contributed by atoms with Gasteiger partial charge in [-0.1, -0.05) is 35.9 Å². The molecule has 0 bridgehead atoms. The molecule has 0 aromatic heterocycles. The van der Waals surface area contributed by atoms with Gasteiger partial charge < -0.3 is 14.8 Å². The van der Waals surface area contributed by atoms with E-state index >= 15 is 0 Å². The number of carbonyl (C=O) groups is 2. The van der Waals surface area contributed by atoms with Gasteiger partial charge in [0.2, 0.25) is 0 Å². The fourth-order valence-corrected chi connectivity index (χ4v) is 3.56. The van der Waals surface area contributed by atoms with Crippen LogP contribution in [0.4, 0.5) is 11.4 Å². The lowest BCUT2D eigenvalue weighted by atomic mass is 10.0. The maximum atomic E-state index is 13.5. The molecule has 162 valence electrons. The van der Waals surface area contributed by atoms with Gasteiger partial charge >= 0.3 is 0 Å². The number of anilines is 2. The molecule has 6 heteroatoms. The minimum absolute atomic E-state index is 0.228. The Balaban J connectivity index is 1.78. The second kappa shape index (κ2) is 8.98. The van der Waals surface area contributed by atoms with E-state index in [9.17, 15) is 9.59 Å². The van der Waals surface area contributed by atoms with E-state index in [2.05, 4.69) is 5.32 Å². The standard InChI is InChI=1S/C26H24N2O4/c1-4-32-21-14-10-18(11-15-21)23-24(27-19-12-8-17(2)9-13-19)26(30)28(25(23)29)20-6-5-7-22(16-20)31-3/h5-16,27H,4H2,1-3H3. The van der Waals surface area contributed by atoms with Gasteiger partial charge in [-0.05, 0) is 55.8 Å². The highest BCUT2D eigenvalue weighted by Crippen LogP contribution is 2.35. The Hall–Kier alpha value is -4.06. The van der Waals surface area contributed by atoms with Gasteiger partial charge in [0, 0.05) is 11.8 Å². The predicted molar refractivity (Wildman–Crippen MR) is 125 cm³/mol. The molecule has 0 aliphatic carbocycles. The average Bonchev–Trinajstić information content (AvgIpc) is 3.05. The molecule has 3 aromatic carbocycles. The van der Waals surface area contributed by atoms with Gasteiger partial charge in [-0.25, -0.2) is 4.90 Å². The van der Waals surface area contributed by atoms with Crippen LogP contribution in [0.5, 0.6) is 11.5 Å². The van der Waals surface area contributed by atoms with Crippen molar-refractivity contribution in [2.45, 2.75) is 13.8 Å². The second-order valence-corrected chi connectivity index (χ2v) is 7.35. The fourth-order valence-electron chi connectivity index (χ4n) is 3.56. The van der Waals surface area contributed by atoms with Crippen molar-refractivity contribution < 1.29 is 19.1 Å². The Kier molecular flexibility index (Phi) is 5.94. The van der Waals surface area contributed by atoms with Crippen LogP contribution in [0.3, 0.4) is 0 Å². The summed E-state index contributed by atoms with van der Waals surface area (Å²) in [4.78, 5) is 28.1. The lowest BCUT2D eigenvalue weighted by Gasteiger charge is -2.16. The normalized spacial score (nSPS) is 13.5. The van der Waals surface area contributed by atoms with Crippen molar-refractivity contribution in [3.63, 3.8) is 0 Å². The van der Waals surface area contributed by atoms with E-state index < -0.39 is 11.8 Å². The van der Waals surface area contributed by atoms with Gasteiger partial charge in [-0.2, -0.15) is 0 Å². The molecule has 3 aromatic rings. The van der Waals surface area contributed by atoms with Crippen LogP contribution in [0, 0.1) is 6.92 Å². The van der Waals surface area contributed by atoms with Crippen molar-refractivity contribution in [3.05, 3.63) is 89.6 Å². The molecule has 0 radical (unpaired) electrons.